The number of hydrogen-bond donors (Lipinski definition) is 2. The van der Waals surface area contributed by atoms with E-state index < -0.39 is 5.97 Å². The molecule has 5 nitrogen and oxygen atoms in total. The molecule has 0 unspecified atom stereocenters. The van der Waals surface area contributed by atoms with E-state index in [1.54, 1.807) is 0 Å². The van der Waals surface area contributed by atoms with Crippen LogP contribution in [-0.2, 0) is 9.59 Å². The summed E-state index contributed by atoms with van der Waals surface area (Å²) in [6.45, 7) is 4.12. The molecule has 92 valence electrons. The first-order valence-electron chi connectivity index (χ1n) is 5.85. The third-order valence-electron chi connectivity index (χ3n) is 2.83. The van der Waals surface area contributed by atoms with Gasteiger partial charge in [0.15, 0.2) is 0 Å². The van der Waals surface area contributed by atoms with Crippen LogP contribution in [0.25, 0.3) is 0 Å². The number of hydrogen-bond acceptors (Lipinski definition) is 3. The molecule has 1 amide bonds. The smallest absolute Gasteiger partial charge is 0.304 e. The topological polar surface area (TPSA) is 69.6 Å². The van der Waals surface area contributed by atoms with Crippen molar-refractivity contribution in [2.75, 3.05) is 19.6 Å². The van der Waals surface area contributed by atoms with Crippen molar-refractivity contribution in [2.24, 2.45) is 0 Å². The van der Waals surface area contributed by atoms with Gasteiger partial charge in [0.1, 0.15) is 0 Å². The summed E-state index contributed by atoms with van der Waals surface area (Å²) in [5.41, 5.74) is 0. The first-order valence-corrected chi connectivity index (χ1v) is 5.85. The third kappa shape index (κ3) is 4.61. The van der Waals surface area contributed by atoms with Gasteiger partial charge >= 0.3 is 5.97 Å². The zero-order valence-corrected chi connectivity index (χ0v) is 9.74. The van der Waals surface area contributed by atoms with Gasteiger partial charge in [-0.3, -0.25) is 9.59 Å². The molecule has 16 heavy (non-hydrogen) atoms. The van der Waals surface area contributed by atoms with Crippen LogP contribution in [-0.4, -0.2) is 47.6 Å². The number of carboxylic acid groups (broad SMARTS) is 1. The lowest BCUT2D eigenvalue weighted by atomic mass is 10.1. The highest BCUT2D eigenvalue weighted by Crippen LogP contribution is 2.10. The molecule has 1 saturated heterocycles. The summed E-state index contributed by atoms with van der Waals surface area (Å²) >= 11 is 0. The summed E-state index contributed by atoms with van der Waals surface area (Å²) in [6.07, 6.45) is 2.70. The Kier molecular flexibility index (Phi) is 5.25. The Bertz CT molecular complexity index is 256. The van der Waals surface area contributed by atoms with E-state index in [1.807, 2.05) is 6.92 Å². The van der Waals surface area contributed by atoms with Gasteiger partial charge in [0.2, 0.25) is 5.91 Å². The molecule has 1 atom stereocenters. The number of carboxylic acids is 1. The molecule has 0 bridgehead atoms. The van der Waals surface area contributed by atoms with Crippen LogP contribution < -0.4 is 5.32 Å². The lowest BCUT2D eigenvalue weighted by Gasteiger charge is -2.32. The predicted octanol–water partition coefficient (Wildman–Crippen LogP) is 0.452. The Labute approximate surface area is 95.8 Å². The van der Waals surface area contributed by atoms with E-state index in [-0.39, 0.29) is 18.4 Å². The highest BCUT2D eigenvalue weighted by atomic mass is 16.4. The second-order valence-electron chi connectivity index (χ2n) is 4.20. The molecule has 1 aliphatic heterocycles. The average molecular weight is 228 g/mol. The second-order valence-corrected chi connectivity index (χ2v) is 4.20. The summed E-state index contributed by atoms with van der Waals surface area (Å²) in [5, 5.41) is 11.6. The van der Waals surface area contributed by atoms with Crippen LogP contribution in [0.2, 0.25) is 0 Å². The van der Waals surface area contributed by atoms with Crippen LogP contribution in [0.3, 0.4) is 0 Å². The molecule has 1 aliphatic rings. The highest BCUT2D eigenvalue weighted by molar-refractivity contribution is 5.75. The van der Waals surface area contributed by atoms with Gasteiger partial charge in [-0.2, -0.15) is 0 Å². The maximum Gasteiger partial charge on any atom is 0.304 e. The van der Waals surface area contributed by atoms with Gasteiger partial charge in [-0.1, -0.05) is 6.92 Å². The van der Waals surface area contributed by atoms with Gasteiger partial charge < -0.3 is 15.3 Å². The van der Waals surface area contributed by atoms with Gasteiger partial charge in [0.25, 0.3) is 0 Å². The fourth-order valence-electron chi connectivity index (χ4n) is 1.96. The Morgan fingerprint density at radius 2 is 2.25 bits per heavy atom. The molecular formula is C11H20N2O3. The summed E-state index contributed by atoms with van der Waals surface area (Å²) in [4.78, 5) is 23.8. The lowest BCUT2D eigenvalue weighted by molar-refractivity contribution is -0.137. The minimum Gasteiger partial charge on any atom is -0.481 e. The van der Waals surface area contributed by atoms with Crippen molar-refractivity contribution in [3.05, 3.63) is 0 Å². The molecule has 0 saturated carbocycles. The van der Waals surface area contributed by atoms with Gasteiger partial charge in [0, 0.05) is 25.6 Å². The molecule has 0 spiro atoms. The fourth-order valence-corrected chi connectivity index (χ4v) is 1.96. The van der Waals surface area contributed by atoms with Crippen LogP contribution in [0.4, 0.5) is 0 Å². The maximum absolute atomic E-state index is 11.2. The fraction of sp³-hybridized carbons (Fsp3) is 0.818. The lowest BCUT2D eigenvalue weighted by Crippen LogP contribution is -2.47. The quantitative estimate of drug-likeness (QED) is 0.717. The van der Waals surface area contributed by atoms with Crippen molar-refractivity contribution < 1.29 is 14.7 Å². The number of piperidine rings is 1. The van der Waals surface area contributed by atoms with Crippen LogP contribution in [0.1, 0.15) is 32.6 Å². The van der Waals surface area contributed by atoms with Crippen LogP contribution in [0.15, 0.2) is 0 Å². The largest absolute Gasteiger partial charge is 0.481 e. The molecular weight excluding hydrogens is 208 g/mol. The summed E-state index contributed by atoms with van der Waals surface area (Å²) in [7, 11) is 0. The molecule has 1 rings (SSSR count). The summed E-state index contributed by atoms with van der Waals surface area (Å²) in [5.74, 6) is -0.690. The van der Waals surface area contributed by atoms with Crippen molar-refractivity contribution in [1.82, 2.24) is 10.2 Å². The SMILES string of the molecule is CCC(=O)N[C@@H]1CCCN(CCC(=O)O)C1. The van der Waals surface area contributed by atoms with E-state index in [0.717, 1.165) is 25.9 Å². The number of rotatable bonds is 5. The van der Waals surface area contributed by atoms with Gasteiger partial charge in [-0.05, 0) is 19.4 Å². The number of carbonyl (C=O) groups is 2. The van der Waals surface area contributed by atoms with Gasteiger partial charge in [-0.15, -0.1) is 0 Å². The van der Waals surface area contributed by atoms with E-state index >= 15 is 0 Å². The molecule has 1 fully saturated rings. The summed E-state index contributed by atoms with van der Waals surface area (Å²) in [6, 6.07) is 0.190. The molecule has 2 N–H and O–H groups in total. The Morgan fingerprint density at radius 3 is 2.88 bits per heavy atom. The van der Waals surface area contributed by atoms with Crippen LogP contribution in [0.5, 0.6) is 0 Å². The van der Waals surface area contributed by atoms with Crippen molar-refractivity contribution in [1.29, 1.82) is 0 Å². The van der Waals surface area contributed by atoms with Crippen molar-refractivity contribution in [2.45, 2.75) is 38.6 Å². The molecule has 0 aromatic carbocycles. The molecule has 0 aliphatic carbocycles. The minimum absolute atomic E-state index is 0.0742. The average Bonchev–Trinajstić information content (AvgIpc) is 2.26. The molecule has 5 heteroatoms. The third-order valence-corrected chi connectivity index (χ3v) is 2.83. The molecule has 1 heterocycles. The first kappa shape index (κ1) is 13.0. The normalized spacial score (nSPS) is 21.7. The van der Waals surface area contributed by atoms with E-state index in [2.05, 4.69) is 10.2 Å². The number of nitrogens with zero attached hydrogens (tertiary/aromatic N) is 1. The monoisotopic (exact) mass is 228 g/mol. The number of likely N-dealkylation sites (tertiary alicyclic amines) is 1. The number of aliphatic carboxylic acids is 1. The van der Waals surface area contributed by atoms with Gasteiger partial charge in [-0.25, -0.2) is 0 Å². The van der Waals surface area contributed by atoms with Crippen LogP contribution in [0, 0.1) is 0 Å². The predicted molar refractivity (Wildman–Crippen MR) is 60.1 cm³/mol. The van der Waals surface area contributed by atoms with E-state index in [9.17, 15) is 9.59 Å². The Morgan fingerprint density at radius 1 is 1.50 bits per heavy atom. The number of nitrogens with one attached hydrogen (secondary N) is 1. The van der Waals surface area contributed by atoms with Crippen molar-refractivity contribution in [3.8, 4) is 0 Å². The van der Waals surface area contributed by atoms with E-state index in [0.29, 0.717) is 13.0 Å². The van der Waals surface area contributed by atoms with Crippen LogP contribution >= 0.6 is 0 Å². The van der Waals surface area contributed by atoms with Gasteiger partial charge in [0.05, 0.1) is 6.42 Å². The Hall–Kier alpha value is -1.10. The Balaban J connectivity index is 2.29. The van der Waals surface area contributed by atoms with E-state index in [1.165, 1.54) is 0 Å². The highest BCUT2D eigenvalue weighted by Gasteiger charge is 2.20. The molecule has 0 aromatic rings. The van der Waals surface area contributed by atoms with Crippen molar-refractivity contribution in [3.63, 3.8) is 0 Å². The minimum atomic E-state index is -0.764. The van der Waals surface area contributed by atoms with E-state index in [4.69, 9.17) is 5.11 Å². The summed E-state index contributed by atoms with van der Waals surface area (Å²) < 4.78 is 0. The van der Waals surface area contributed by atoms with Crippen molar-refractivity contribution >= 4 is 11.9 Å². The standard InChI is InChI=1S/C11H20N2O3/c1-2-10(14)12-9-4-3-6-13(8-9)7-5-11(15)16/h9H,2-8H2,1H3,(H,12,14)(H,15,16)/t9-/m1/s1. The second kappa shape index (κ2) is 6.48. The zero-order chi connectivity index (χ0) is 12.0. The zero-order valence-electron chi connectivity index (χ0n) is 9.74. The number of carbonyl (C=O) groups excluding carboxylic acids is 1. The molecule has 0 radical (unpaired) electrons. The maximum atomic E-state index is 11.2. The number of amides is 1. The molecule has 0 aromatic heterocycles. The first-order chi connectivity index (χ1) is 7.61.